The Morgan fingerprint density at radius 3 is 1.88 bits per heavy atom. The third-order valence-corrected chi connectivity index (χ3v) is 11.5. The summed E-state index contributed by atoms with van der Waals surface area (Å²) in [5, 5.41) is 2.44. The molecule has 0 saturated carbocycles. The minimum Gasteiger partial charge on any atom is -0.457 e. The molecule has 3 aliphatic rings. The first-order valence-corrected chi connectivity index (χ1v) is 16.8. The van der Waals surface area contributed by atoms with Crippen LogP contribution >= 0.6 is 0 Å². The number of nitrogens with zero attached hydrogens (tertiary/aromatic N) is 4. The lowest BCUT2D eigenvalue weighted by Gasteiger charge is -2.48. The zero-order valence-electron chi connectivity index (χ0n) is 28.1. The van der Waals surface area contributed by atoms with E-state index in [-0.39, 0.29) is 16.2 Å². The molecule has 6 heterocycles. The summed E-state index contributed by atoms with van der Waals surface area (Å²) >= 11 is 0. The van der Waals surface area contributed by atoms with Gasteiger partial charge in [0.1, 0.15) is 23.1 Å². The summed E-state index contributed by atoms with van der Waals surface area (Å²) in [5.41, 5.74) is 11.8. The Labute approximate surface area is 280 Å². The molecule has 5 heteroatoms. The predicted octanol–water partition coefficient (Wildman–Crippen LogP) is 10.8. The molecule has 0 bridgehead atoms. The third-order valence-electron chi connectivity index (χ3n) is 11.5. The summed E-state index contributed by atoms with van der Waals surface area (Å²) < 4.78 is 9.10. The van der Waals surface area contributed by atoms with E-state index in [1.807, 2.05) is 18.5 Å². The maximum Gasteiger partial charge on any atom is 0.141 e. The Bertz CT molecular complexity index is 2520. The topological polar surface area (TPSA) is 43.2 Å². The fourth-order valence-electron chi connectivity index (χ4n) is 8.95. The smallest absolute Gasteiger partial charge is 0.141 e. The predicted molar refractivity (Wildman–Crippen MR) is 194 cm³/mol. The van der Waals surface area contributed by atoms with Crippen molar-refractivity contribution in [1.29, 1.82) is 0 Å². The van der Waals surface area contributed by atoms with Crippen molar-refractivity contribution in [2.75, 3.05) is 4.90 Å². The summed E-state index contributed by atoms with van der Waals surface area (Å²) in [6.07, 6.45) is 3.80. The van der Waals surface area contributed by atoms with Crippen molar-refractivity contribution in [3.63, 3.8) is 0 Å². The highest BCUT2D eigenvalue weighted by Gasteiger charge is 2.46. The van der Waals surface area contributed by atoms with Gasteiger partial charge in [-0.15, -0.1) is 0 Å². The number of hydrogen-bond acceptors (Lipinski definition) is 4. The number of ether oxygens (including phenoxy) is 1. The van der Waals surface area contributed by atoms with Crippen LogP contribution in [0.4, 0.5) is 17.2 Å². The SMILES string of the molecule is CC1(C)c2ccc(Oc3ccc4c5cccc6c5n(c4c3)-c3ncccc3C6(C)C)cc2N2c3ncccc3C(C)(C)c3cccc1c32. The van der Waals surface area contributed by atoms with Crippen molar-refractivity contribution in [2.24, 2.45) is 0 Å². The van der Waals surface area contributed by atoms with Crippen molar-refractivity contribution >= 4 is 39.0 Å². The number of para-hydroxylation sites is 2. The number of hydrogen-bond donors (Lipinski definition) is 0. The van der Waals surface area contributed by atoms with Crippen LogP contribution in [0.5, 0.6) is 11.5 Å². The number of fused-ring (bicyclic) bond motifs is 9. The zero-order valence-corrected chi connectivity index (χ0v) is 28.1. The molecule has 0 atom stereocenters. The van der Waals surface area contributed by atoms with Gasteiger partial charge in [0.15, 0.2) is 0 Å². The second-order valence-electron chi connectivity index (χ2n) is 15.2. The van der Waals surface area contributed by atoms with Crippen LogP contribution < -0.4 is 9.64 Å². The standard InChI is InChI=1S/C43H36N4O/c1-41(2)29-20-18-26(24-36(29)47-38-31(41)13-8-14-32(38)43(5,6)34-16-10-22-45-40(34)47)48-25-17-19-27-28-11-7-12-30-37(28)46(35(27)23-25)39-33(42(30,3)4)15-9-21-44-39/h7-24H,1-6H3. The second kappa shape index (κ2) is 8.93. The summed E-state index contributed by atoms with van der Waals surface area (Å²) in [5.74, 6) is 3.56. The molecule has 0 saturated heterocycles. The highest BCUT2D eigenvalue weighted by molar-refractivity contribution is 6.11. The monoisotopic (exact) mass is 624 g/mol. The van der Waals surface area contributed by atoms with Gasteiger partial charge in [0.05, 0.1) is 22.4 Å². The van der Waals surface area contributed by atoms with E-state index in [1.54, 1.807) is 0 Å². The molecule has 7 aromatic rings. The third kappa shape index (κ3) is 3.31. The van der Waals surface area contributed by atoms with Crippen LogP contribution in [0.2, 0.25) is 0 Å². The second-order valence-corrected chi connectivity index (χ2v) is 15.2. The van der Waals surface area contributed by atoms with Gasteiger partial charge in [-0.25, -0.2) is 9.97 Å². The van der Waals surface area contributed by atoms with Crippen molar-refractivity contribution in [3.05, 3.63) is 143 Å². The van der Waals surface area contributed by atoms with Crippen LogP contribution in [0.3, 0.4) is 0 Å². The minimum atomic E-state index is -0.197. The van der Waals surface area contributed by atoms with Crippen LogP contribution in [0.25, 0.3) is 27.6 Å². The Kier molecular flexibility index (Phi) is 5.15. The van der Waals surface area contributed by atoms with E-state index in [0.717, 1.165) is 34.3 Å². The lowest BCUT2D eigenvalue weighted by Crippen LogP contribution is -2.38. The summed E-state index contributed by atoms with van der Waals surface area (Å²) in [6.45, 7) is 13.9. The lowest BCUT2D eigenvalue weighted by atomic mass is 9.67. The van der Waals surface area contributed by atoms with Crippen molar-refractivity contribution < 1.29 is 4.74 Å². The first kappa shape index (κ1) is 27.7. The van der Waals surface area contributed by atoms with Gasteiger partial charge in [-0.2, -0.15) is 0 Å². The number of aromatic nitrogens is 3. The molecule has 5 nitrogen and oxygen atoms in total. The number of pyridine rings is 2. The fourth-order valence-corrected chi connectivity index (χ4v) is 8.95. The quantitative estimate of drug-likeness (QED) is 0.192. The van der Waals surface area contributed by atoms with Gasteiger partial charge in [-0.3, -0.25) is 9.47 Å². The highest BCUT2D eigenvalue weighted by Crippen LogP contribution is 2.60. The largest absolute Gasteiger partial charge is 0.457 e. The molecule has 234 valence electrons. The van der Waals surface area contributed by atoms with E-state index < -0.39 is 0 Å². The average Bonchev–Trinajstić information content (AvgIpc) is 3.41. The molecule has 0 N–H and O–H groups in total. The molecule has 0 aliphatic carbocycles. The molecule has 3 aromatic heterocycles. The Balaban J connectivity index is 1.15. The molecular formula is C43H36N4O. The van der Waals surface area contributed by atoms with Gasteiger partial charge in [0.2, 0.25) is 0 Å². The zero-order chi connectivity index (χ0) is 32.7. The first-order valence-electron chi connectivity index (χ1n) is 16.8. The average molecular weight is 625 g/mol. The normalized spacial score (nSPS) is 17.0. The van der Waals surface area contributed by atoms with E-state index >= 15 is 0 Å². The Hall–Kier alpha value is -5.42. The highest BCUT2D eigenvalue weighted by atomic mass is 16.5. The number of benzene rings is 4. The first-order chi connectivity index (χ1) is 23.1. The molecule has 10 rings (SSSR count). The van der Waals surface area contributed by atoms with Crippen molar-refractivity contribution in [1.82, 2.24) is 14.5 Å². The summed E-state index contributed by atoms with van der Waals surface area (Å²) in [7, 11) is 0. The van der Waals surface area contributed by atoms with Gasteiger partial charge >= 0.3 is 0 Å². The lowest BCUT2D eigenvalue weighted by molar-refractivity contribution is 0.482. The number of anilines is 3. The molecule has 0 fully saturated rings. The van der Waals surface area contributed by atoms with E-state index in [9.17, 15) is 0 Å². The maximum atomic E-state index is 6.77. The van der Waals surface area contributed by atoms with Crippen molar-refractivity contribution in [3.8, 4) is 17.3 Å². The van der Waals surface area contributed by atoms with E-state index in [0.29, 0.717) is 0 Å². The van der Waals surface area contributed by atoms with E-state index in [1.165, 1.54) is 55.4 Å². The fraction of sp³-hybridized carbons (Fsp3) is 0.209. The summed E-state index contributed by atoms with van der Waals surface area (Å²) in [4.78, 5) is 12.3. The van der Waals surface area contributed by atoms with Crippen LogP contribution in [0.15, 0.2) is 109 Å². The van der Waals surface area contributed by atoms with Crippen LogP contribution in [0, 0.1) is 0 Å². The van der Waals surface area contributed by atoms with E-state index in [4.69, 9.17) is 14.7 Å². The number of rotatable bonds is 2. The van der Waals surface area contributed by atoms with Gasteiger partial charge < -0.3 is 4.74 Å². The van der Waals surface area contributed by atoms with Crippen LogP contribution in [0.1, 0.15) is 74.9 Å². The minimum absolute atomic E-state index is 0.153. The van der Waals surface area contributed by atoms with Gasteiger partial charge in [0.25, 0.3) is 0 Å². The van der Waals surface area contributed by atoms with Crippen molar-refractivity contribution in [2.45, 2.75) is 57.8 Å². The molecule has 4 aromatic carbocycles. The maximum absolute atomic E-state index is 6.77. The molecule has 0 unspecified atom stereocenters. The molecule has 0 radical (unpaired) electrons. The van der Waals surface area contributed by atoms with Crippen LogP contribution in [-0.2, 0) is 16.2 Å². The van der Waals surface area contributed by atoms with Gasteiger partial charge in [0, 0.05) is 62.7 Å². The molecule has 0 amide bonds. The van der Waals surface area contributed by atoms with E-state index in [2.05, 4.69) is 142 Å². The molecular weight excluding hydrogens is 589 g/mol. The Morgan fingerprint density at radius 2 is 1.10 bits per heavy atom. The van der Waals surface area contributed by atoms with Gasteiger partial charge in [-0.1, -0.05) is 96.1 Å². The van der Waals surface area contributed by atoms with Crippen LogP contribution in [-0.4, -0.2) is 14.5 Å². The molecule has 3 aliphatic heterocycles. The van der Waals surface area contributed by atoms with Gasteiger partial charge in [-0.05, 0) is 52.6 Å². The molecule has 0 spiro atoms. The summed E-state index contributed by atoms with van der Waals surface area (Å²) in [6, 6.07) is 35.0. The Morgan fingerprint density at radius 1 is 0.521 bits per heavy atom. The molecule has 48 heavy (non-hydrogen) atoms.